The summed E-state index contributed by atoms with van der Waals surface area (Å²) in [7, 11) is 3.43. The lowest BCUT2D eigenvalue weighted by atomic mass is 10.1. The van der Waals surface area contributed by atoms with Gasteiger partial charge in [0.05, 0.1) is 20.3 Å². The summed E-state index contributed by atoms with van der Waals surface area (Å²) < 4.78 is 16.6. The first kappa shape index (κ1) is 17.9. The molecule has 0 bridgehead atoms. The standard InChI is InChI=1S/C20H25N3O3/c1-21-20(22-10-9-15-5-3-6-17(13-15)24-2)23-16-7-8-18-19(14-16)26-12-4-11-25-18/h3,5-8,13-14H,4,9-12H2,1-2H3,(H2,21,22,23). The van der Waals surface area contributed by atoms with Gasteiger partial charge in [0.2, 0.25) is 0 Å². The molecule has 0 amide bonds. The summed E-state index contributed by atoms with van der Waals surface area (Å²) in [5.74, 6) is 3.13. The van der Waals surface area contributed by atoms with Gasteiger partial charge in [-0.3, -0.25) is 4.99 Å². The van der Waals surface area contributed by atoms with Crippen LogP contribution in [0.2, 0.25) is 0 Å². The van der Waals surface area contributed by atoms with Gasteiger partial charge in [0.1, 0.15) is 5.75 Å². The van der Waals surface area contributed by atoms with E-state index in [2.05, 4.69) is 21.7 Å². The number of benzene rings is 2. The summed E-state index contributed by atoms with van der Waals surface area (Å²) in [5.41, 5.74) is 2.12. The fraction of sp³-hybridized carbons (Fsp3) is 0.350. The number of fused-ring (bicyclic) bond motifs is 1. The number of hydrogen-bond acceptors (Lipinski definition) is 4. The van der Waals surface area contributed by atoms with E-state index in [1.54, 1.807) is 14.2 Å². The van der Waals surface area contributed by atoms with E-state index < -0.39 is 0 Å². The molecule has 0 atom stereocenters. The Morgan fingerprint density at radius 3 is 2.77 bits per heavy atom. The number of nitrogens with zero attached hydrogens (tertiary/aromatic N) is 1. The van der Waals surface area contributed by atoms with Gasteiger partial charge in [-0.1, -0.05) is 12.1 Å². The van der Waals surface area contributed by atoms with Crippen LogP contribution in [0.3, 0.4) is 0 Å². The highest BCUT2D eigenvalue weighted by Gasteiger charge is 2.11. The second kappa shape index (κ2) is 8.99. The lowest BCUT2D eigenvalue weighted by molar-refractivity contribution is 0.297. The number of methoxy groups -OCH3 is 1. The van der Waals surface area contributed by atoms with Crippen molar-refractivity contribution in [1.29, 1.82) is 0 Å². The Morgan fingerprint density at radius 2 is 1.96 bits per heavy atom. The highest BCUT2D eigenvalue weighted by molar-refractivity contribution is 5.93. The van der Waals surface area contributed by atoms with Crippen LogP contribution in [0.1, 0.15) is 12.0 Å². The van der Waals surface area contributed by atoms with Crippen molar-refractivity contribution in [2.24, 2.45) is 4.99 Å². The summed E-state index contributed by atoms with van der Waals surface area (Å²) >= 11 is 0. The molecule has 26 heavy (non-hydrogen) atoms. The van der Waals surface area contributed by atoms with Gasteiger partial charge in [-0.15, -0.1) is 0 Å². The summed E-state index contributed by atoms with van der Waals surface area (Å²) in [4.78, 5) is 4.28. The predicted molar refractivity (Wildman–Crippen MR) is 104 cm³/mol. The third-order valence-electron chi connectivity index (χ3n) is 4.07. The molecule has 1 aliphatic rings. The second-order valence-corrected chi connectivity index (χ2v) is 5.94. The zero-order chi connectivity index (χ0) is 18.2. The molecule has 6 nitrogen and oxygen atoms in total. The quantitative estimate of drug-likeness (QED) is 0.637. The van der Waals surface area contributed by atoms with Gasteiger partial charge in [-0.25, -0.2) is 0 Å². The van der Waals surface area contributed by atoms with Crippen molar-refractivity contribution >= 4 is 11.6 Å². The van der Waals surface area contributed by atoms with E-state index in [1.165, 1.54) is 5.56 Å². The van der Waals surface area contributed by atoms with Crippen molar-refractivity contribution in [3.8, 4) is 17.2 Å². The molecule has 0 aliphatic carbocycles. The van der Waals surface area contributed by atoms with Crippen LogP contribution in [-0.4, -0.2) is 39.9 Å². The first-order valence-corrected chi connectivity index (χ1v) is 8.79. The van der Waals surface area contributed by atoms with Crippen LogP contribution in [0.5, 0.6) is 17.2 Å². The van der Waals surface area contributed by atoms with Gasteiger partial charge in [-0.2, -0.15) is 0 Å². The molecule has 0 saturated heterocycles. The number of anilines is 1. The molecule has 0 spiro atoms. The molecule has 0 aromatic heterocycles. The van der Waals surface area contributed by atoms with Crippen LogP contribution in [-0.2, 0) is 6.42 Å². The fourth-order valence-corrected chi connectivity index (χ4v) is 2.71. The fourth-order valence-electron chi connectivity index (χ4n) is 2.71. The lowest BCUT2D eigenvalue weighted by Crippen LogP contribution is -2.32. The number of nitrogens with one attached hydrogen (secondary N) is 2. The van der Waals surface area contributed by atoms with E-state index in [9.17, 15) is 0 Å². The zero-order valence-electron chi connectivity index (χ0n) is 15.2. The number of hydrogen-bond donors (Lipinski definition) is 2. The molecule has 1 aliphatic heterocycles. The highest BCUT2D eigenvalue weighted by Crippen LogP contribution is 2.32. The summed E-state index contributed by atoms with van der Waals surface area (Å²) in [6, 6.07) is 13.9. The molecule has 0 saturated carbocycles. The number of guanidine groups is 1. The monoisotopic (exact) mass is 355 g/mol. The smallest absolute Gasteiger partial charge is 0.195 e. The molecule has 1 heterocycles. The van der Waals surface area contributed by atoms with Crippen LogP contribution >= 0.6 is 0 Å². The number of aliphatic imine (C=N–C) groups is 1. The van der Waals surface area contributed by atoms with Crippen LogP contribution in [0.25, 0.3) is 0 Å². The molecule has 3 rings (SSSR count). The van der Waals surface area contributed by atoms with Crippen molar-refractivity contribution in [2.75, 3.05) is 39.2 Å². The minimum atomic E-state index is 0.671. The Balaban J connectivity index is 1.55. The van der Waals surface area contributed by atoms with Gasteiger partial charge in [0.15, 0.2) is 17.5 Å². The first-order chi connectivity index (χ1) is 12.8. The van der Waals surface area contributed by atoms with Crippen molar-refractivity contribution in [3.05, 3.63) is 48.0 Å². The molecule has 2 N–H and O–H groups in total. The average molecular weight is 355 g/mol. The van der Waals surface area contributed by atoms with Gasteiger partial charge >= 0.3 is 0 Å². The lowest BCUT2D eigenvalue weighted by Gasteiger charge is -2.14. The van der Waals surface area contributed by atoms with Crippen LogP contribution < -0.4 is 24.8 Å². The maximum atomic E-state index is 5.73. The van der Waals surface area contributed by atoms with Gasteiger partial charge < -0.3 is 24.8 Å². The van der Waals surface area contributed by atoms with Crippen molar-refractivity contribution in [2.45, 2.75) is 12.8 Å². The largest absolute Gasteiger partial charge is 0.497 e. The van der Waals surface area contributed by atoms with Crippen molar-refractivity contribution in [3.63, 3.8) is 0 Å². The summed E-state index contributed by atoms with van der Waals surface area (Å²) in [6.07, 6.45) is 1.77. The Morgan fingerprint density at radius 1 is 1.12 bits per heavy atom. The summed E-state index contributed by atoms with van der Waals surface area (Å²) in [5, 5.41) is 6.61. The molecule has 0 fully saturated rings. The molecule has 0 unspecified atom stereocenters. The third-order valence-corrected chi connectivity index (χ3v) is 4.07. The van der Waals surface area contributed by atoms with E-state index >= 15 is 0 Å². The SMILES string of the molecule is CN=C(NCCc1cccc(OC)c1)Nc1ccc2c(c1)OCCCO2. The zero-order valence-corrected chi connectivity index (χ0v) is 15.2. The molecule has 0 radical (unpaired) electrons. The second-order valence-electron chi connectivity index (χ2n) is 5.94. The Hall–Kier alpha value is -2.89. The Bertz CT molecular complexity index is 762. The minimum absolute atomic E-state index is 0.671. The van der Waals surface area contributed by atoms with E-state index in [-0.39, 0.29) is 0 Å². The van der Waals surface area contributed by atoms with E-state index in [0.29, 0.717) is 19.2 Å². The highest BCUT2D eigenvalue weighted by atomic mass is 16.5. The Kier molecular flexibility index (Phi) is 6.19. The van der Waals surface area contributed by atoms with Gasteiger partial charge in [0, 0.05) is 31.8 Å². The molecule has 2 aromatic rings. The molecule has 138 valence electrons. The third kappa shape index (κ3) is 4.81. The molecular weight excluding hydrogens is 330 g/mol. The van der Waals surface area contributed by atoms with Gasteiger partial charge in [-0.05, 0) is 36.2 Å². The number of ether oxygens (including phenoxy) is 3. The topological polar surface area (TPSA) is 64.1 Å². The maximum absolute atomic E-state index is 5.73. The normalized spacial score (nSPS) is 13.7. The van der Waals surface area contributed by atoms with E-state index in [4.69, 9.17) is 14.2 Å². The van der Waals surface area contributed by atoms with Crippen molar-refractivity contribution < 1.29 is 14.2 Å². The van der Waals surface area contributed by atoms with Crippen LogP contribution in [0.4, 0.5) is 5.69 Å². The summed E-state index contributed by atoms with van der Waals surface area (Å²) in [6.45, 7) is 2.12. The molecular formula is C20H25N3O3. The van der Waals surface area contributed by atoms with Crippen LogP contribution in [0, 0.1) is 0 Å². The molecule has 2 aromatic carbocycles. The van der Waals surface area contributed by atoms with E-state index in [1.807, 2.05) is 36.4 Å². The average Bonchev–Trinajstić information content (AvgIpc) is 2.92. The molecule has 6 heteroatoms. The maximum Gasteiger partial charge on any atom is 0.195 e. The predicted octanol–water partition coefficient (Wildman–Crippen LogP) is 3.09. The first-order valence-electron chi connectivity index (χ1n) is 8.79. The van der Waals surface area contributed by atoms with E-state index in [0.717, 1.165) is 42.3 Å². The Labute approximate surface area is 154 Å². The minimum Gasteiger partial charge on any atom is -0.497 e. The van der Waals surface area contributed by atoms with Crippen molar-refractivity contribution in [1.82, 2.24) is 5.32 Å². The number of rotatable bonds is 5. The van der Waals surface area contributed by atoms with Crippen LogP contribution in [0.15, 0.2) is 47.5 Å². The van der Waals surface area contributed by atoms with Gasteiger partial charge in [0.25, 0.3) is 0 Å².